The maximum atomic E-state index is 12.2. The Balaban J connectivity index is 2.18. The lowest BCUT2D eigenvalue weighted by Crippen LogP contribution is -2.18. The monoisotopic (exact) mass is 502 g/mol. The van der Waals surface area contributed by atoms with Crippen LogP contribution in [0.2, 0.25) is 0 Å². The number of sulfonamides is 1. The minimum absolute atomic E-state index is 0.116. The maximum absolute atomic E-state index is 12.2. The molecule has 2 rings (SSSR count). The lowest BCUT2D eigenvalue weighted by Gasteiger charge is -2.12. The van der Waals surface area contributed by atoms with Gasteiger partial charge in [-0.15, -0.1) is 0 Å². The van der Waals surface area contributed by atoms with Gasteiger partial charge in [-0.1, -0.05) is 28.6 Å². The van der Waals surface area contributed by atoms with E-state index in [0.717, 1.165) is 4.47 Å². The second kappa shape index (κ2) is 9.20. The molecule has 0 amide bonds. The van der Waals surface area contributed by atoms with Crippen LogP contribution in [0, 0.1) is 0 Å². The Kier molecular flexibility index (Phi) is 7.24. The molecule has 26 heavy (non-hydrogen) atoms. The highest BCUT2D eigenvalue weighted by Crippen LogP contribution is 2.36. The number of benzene rings is 2. The summed E-state index contributed by atoms with van der Waals surface area (Å²) in [7, 11) is -2.23. The van der Waals surface area contributed by atoms with Gasteiger partial charge in [-0.25, -0.2) is 4.83 Å². The first-order chi connectivity index (χ1) is 12.4. The van der Waals surface area contributed by atoms with Crippen LogP contribution in [0.1, 0.15) is 5.56 Å². The van der Waals surface area contributed by atoms with Crippen LogP contribution in [0.25, 0.3) is 0 Å². The van der Waals surface area contributed by atoms with Crippen LogP contribution in [-0.2, 0) is 10.0 Å². The van der Waals surface area contributed by atoms with E-state index in [0.29, 0.717) is 28.1 Å². The van der Waals surface area contributed by atoms with E-state index >= 15 is 0 Å². The molecule has 0 fully saturated rings. The average molecular weight is 504 g/mol. The summed E-state index contributed by atoms with van der Waals surface area (Å²) in [6.07, 6.45) is 3.00. The third-order valence-corrected chi connectivity index (χ3v) is 5.46. The lowest BCUT2D eigenvalue weighted by molar-refractivity contribution is 0.324. The van der Waals surface area contributed by atoms with E-state index in [1.165, 1.54) is 25.5 Å². The van der Waals surface area contributed by atoms with Gasteiger partial charge in [-0.2, -0.15) is 13.5 Å². The molecule has 0 saturated carbocycles. The fourth-order valence-electron chi connectivity index (χ4n) is 1.93. The summed E-state index contributed by atoms with van der Waals surface area (Å²) in [6, 6.07) is 9.66. The van der Waals surface area contributed by atoms with Gasteiger partial charge in [0.1, 0.15) is 6.61 Å². The van der Waals surface area contributed by atoms with E-state index in [2.05, 4.69) is 48.4 Å². The normalized spacial score (nSPS) is 11.3. The minimum Gasteiger partial charge on any atom is -0.493 e. The van der Waals surface area contributed by atoms with Crippen molar-refractivity contribution in [2.24, 2.45) is 5.10 Å². The van der Waals surface area contributed by atoms with Gasteiger partial charge >= 0.3 is 0 Å². The first-order valence-electron chi connectivity index (χ1n) is 7.29. The smallest absolute Gasteiger partial charge is 0.276 e. The van der Waals surface area contributed by atoms with Crippen molar-refractivity contribution in [3.05, 3.63) is 63.6 Å². The standard InChI is InChI=1S/C17H16Br2N2O4S/c1-3-8-25-17-15(19)9-12(10-16(17)24-2)11-20-21-26(22,23)14-6-4-13(18)5-7-14/h3-7,9-11,21H,1,8H2,2H3/b20-11-. The van der Waals surface area contributed by atoms with Gasteiger partial charge in [-0.3, -0.25) is 0 Å². The fraction of sp³-hybridized carbons (Fsp3) is 0.118. The molecule has 0 aliphatic heterocycles. The number of nitrogens with zero attached hydrogens (tertiary/aromatic N) is 1. The third kappa shape index (κ3) is 5.33. The first kappa shape index (κ1) is 20.5. The third-order valence-electron chi connectivity index (χ3n) is 3.11. The molecule has 0 heterocycles. The molecule has 0 bridgehead atoms. The summed E-state index contributed by atoms with van der Waals surface area (Å²) in [4.78, 5) is 2.29. The van der Waals surface area contributed by atoms with Crippen molar-refractivity contribution in [2.45, 2.75) is 4.90 Å². The van der Waals surface area contributed by atoms with Gasteiger partial charge < -0.3 is 9.47 Å². The number of hydrazone groups is 1. The van der Waals surface area contributed by atoms with Crippen LogP contribution in [0.5, 0.6) is 11.5 Å². The Labute approximate surface area is 169 Å². The zero-order chi connectivity index (χ0) is 19.2. The molecule has 2 aromatic carbocycles. The highest BCUT2D eigenvalue weighted by atomic mass is 79.9. The van der Waals surface area contributed by atoms with E-state index in [9.17, 15) is 8.42 Å². The summed E-state index contributed by atoms with van der Waals surface area (Å²) in [5.74, 6) is 1.01. The highest BCUT2D eigenvalue weighted by molar-refractivity contribution is 9.10. The molecule has 0 saturated heterocycles. The molecule has 138 valence electrons. The molecule has 0 aliphatic carbocycles. The lowest BCUT2D eigenvalue weighted by atomic mass is 10.2. The van der Waals surface area contributed by atoms with Gasteiger partial charge in [0.2, 0.25) is 0 Å². The van der Waals surface area contributed by atoms with Crippen molar-refractivity contribution in [2.75, 3.05) is 13.7 Å². The second-order valence-electron chi connectivity index (χ2n) is 4.94. The largest absolute Gasteiger partial charge is 0.493 e. The number of rotatable bonds is 8. The Morgan fingerprint density at radius 2 is 1.92 bits per heavy atom. The highest BCUT2D eigenvalue weighted by Gasteiger charge is 2.13. The number of halogens is 2. The van der Waals surface area contributed by atoms with Crippen LogP contribution in [0.3, 0.4) is 0 Å². The molecule has 1 N–H and O–H groups in total. The summed E-state index contributed by atoms with van der Waals surface area (Å²) >= 11 is 6.66. The van der Waals surface area contributed by atoms with Gasteiger partial charge in [0.25, 0.3) is 10.0 Å². The van der Waals surface area contributed by atoms with Crippen molar-refractivity contribution in [3.63, 3.8) is 0 Å². The number of nitrogens with one attached hydrogen (secondary N) is 1. The van der Waals surface area contributed by atoms with Gasteiger partial charge in [0.05, 0.1) is 22.7 Å². The second-order valence-corrected chi connectivity index (χ2v) is 8.37. The summed E-state index contributed by atoms with van der Waals surface area (Å²) in [5.41, 5.74) is 0.623. The molecule has 0 radical (unpaired) electrons. The van der Waals surface area contributed by atoms with Crippen molar-refractivity contribution in [1.29, 1.82) is 0 Å². The van der Waals surface area contributed by atoms with Crippen molar-refractivity contribution in [3.8, 4) is 11.5 Å². The minimum atomic E-state index is -3.74. The topological polar surface area (TPSA) is 77.0 Å². The van der Waals surface area contributed by atoms with E-state index < -0.39 is 10.0 Å². The SMILES string of the molecule is C=CCOc1c(Br)cc(/C=N\NS(=O)(=O)c2ccc(Br)cc2)cc1OC. The Bertz CT molecular complexity index is 913. The summed E-state index contributed by atoms with van der Waals surface area (Å²) in [6.45, 7) is 3.93. The van der Waals surface area contributed by atoms with E-state index in [1.807, 2.05) is 0 Å². The zero-order valence-electron chi connectivity index (χ0n) is 13.8. The molecule has 0 aromatic heterocycles. The van der Waals surface area contributed by atoms with Crippen LogP contribution >= 0.6 is 31.9 Å². The number of methoxy groups -OCH3 is 1. The molecule has 0 unspecified atom stereocenters. The average Bonchev–Trinajstić information content (AvgIpc) is 2.60. The quantitative estimate of drug-likeness (QED) is 0.334. The number of hydrogen-bond donors (Lipinski definition) is 1. The van der Waals surface area contributed by atoms with Gasteiger partial charge in [0, 0.05) is 4.47 Å². The Morgan fingerprint density at radius 3 is 2.54 bits per heavy atom. The zero-order valence-corrected chi connectivity index (χ0v) is 17.8. The van der Waals surface area contributed by atoms with Crippen molar-refractivity contribution >= 4 is 48.1 Å². The van der Waals surface area contributed by atoms with Crippen LogP contribution in [0.15, 0.2) is 68.0 Å². The molecular formula is C17H16Br2N2O4S. The fourth-order valence-corrected chi connectivity index (χ4v) is 3.56. The molecule has 0 aliphatic rings. The first-order valence-corrected chi connectivity index (χ1v) is 10.4. The molecular weight excluding hydrogens is 488 g/mol. The Hall–Kier alpha value is -1.84. The molecule has 2 aromatic rings. The Morgan fingerprint density at radius 1 is 1.23 bits per heavy atom. The molecule has 0 spiro atoms. The van der Waals surface area contributed by atoms with Crippen molar-refractivity contribution in [1.82, 2.24) is 4.83 Å². The van der Waals surface area contributed by atoms with E-state index in [-0.39, 0.29) is 4.90 Å². The maximum Gasteiger partial charge on any atom is 0.276 e. The predicted octanol–water partition coefficient (Wildman–Crippen LogP) is 4.10. The van der Waals surface area contributed by atoms with E-state index in [1.54, 1.807) is 30.3 Å². The molecule has 6 nitrogen and oxygen atoms in total. The van der Waals surface area contributed by atoms with Crippen LogP contribution < -0.4 is 14.3 Å². The van der Waals surface area contributed by atoms with Gasteiger partial charge in [0.15, 0.2) is 11.5 Å². The number of hydrogen-bond acceptors (Lipinski definition) is 5. The van der Waals surface area contributed by atoms with Crippen LogP contribution in [-0.4, -0.2) is 28.3 Å². The van der Waals surface area contributed by atoms with E-state index in [4.69, 9.17) is 9.47 Å². The van der Waals surface area contributed by atoms with Crippen LogP contribution in [0.4, 0.5) is 0 Å². The summed E-state index contributed by atoms with van der Waals surface area (Å²) in [5, 5.41) is 3.81. The predicted molar refractivity (Wildman–Crippen MR) is 108 cm³/mol. The molecule has 9 heteroatoms. The number of ether oxygens (including phenoxy) is 2. The van der Waals surface area contributed by atoms with Gasteiger partial charge in [-0.05, 0) is 57.9 Å². The van der Waals surface area contributed by atoms with Crippen molar-refractivity contribution < 1.29 is 17.9 Å². The summed E-state index contributed by atoms with van der Waals surface area (Å²) < 4.78 is 36.7. The molecule has 0 atom stereocenters.